The molecule has 2 aromatic carbocycles. The summed E-state index contributed by atoms with van der Waals surface area (Å²) in [5, 5.41) is 23.5. The number of nitriles is 1. The van der Waals surface area contributed by atoms with E-state index in [-0.39, 0.29) is 28.8 Å². The Morgan fingerprint density at radius 1 is 1.20 bits per heavy atom. The molecule has 2 heterocycles. The normalized spacial score (nSPS) is 13.7. The molecule has 0 bridgehead atoms. The lowest BCUT2D eigenvalue weighted by molar-refractivity contribution is 0.0497. The van der Waals surface area contributed by atoms with E-state index in [1.54, 1.807) is 24.3 Å². The molecule has 3 aromatic rings. The first-order chi connectivity index (χ1) is 19.0. The summed E-state index contributed by atoms with van der Waals surface area (Å²) in [5.74, 6) is -0.00247. The highest BCUT2D eigenvalue weighted by atomic mass is 19.1. The number of hydrogen-bond donors (Lipinski definition) is 2. The van der Waals surface area contributed by atoms with Crippen LogP contribution in [0.15, 0.2) is 42.5 Å². The molecule has 0 atom stereocenters. The number of pyridine rings is 1. The fourth-order valence-electron chi connectivity index (χ4n) is 4.60. The van der Waals surface area contributed by atoms with Crippen LogP contribution in [-0.2, 0) is 4.74 Å². The summed E-state index contributed by atoms with van der Waals surface area (Å²) in [6, 6.07) is 12.7. The lowest BCUT2D eigenvalue weighted by Gasteiger charge is -2.34. The minimum atomic E-state index is -0.705. The van der Waals surface area contributed by atoms with Crippen LogP contribution < -0.4 is 15.0 Å². The summed E-state index contributed by atoms with van der Waals surface area (Å²) in [7, 11) is 1.44. The summed E-state index contributed by atoms with van der Waals surface area (Å²) in [6.45, 7) is 13.7. The van der Waals surface area contributed by atoms with Crippen LogP contribution in [-0.4, -0.2) is 48.0 Å². The Labute approximate surface area is 232 Å². The first-order valence-corrected chi connectivity index (χ1v) is 12.8. The molecule has 1 aliphatic heterocycles. The lowest BCUT2D eigenvalue weighted by atomic mass is 9.94. The van der Waals surface area contributed by atoms with Gasteiger partial charge < -0.3 is 24.8 Å². The largest absolute Gasteiger partial charge is 0.504 e. The number of aromatic nitrogens is 1. The number of halogens is 1. The smallest absolute Gasteiger partial charge is 0.407 e. The van der Waals surface area contributed by atoms with Crippen molar-refractivity contribution in [2.75, 3.05) is 25.1 Å². The number of ether oxygens (including phenoxy) is 2. The van der Waals surface area contributed by atoms with E-state index < -0.39 is 17.5 Å². The van der Waals surface area contributed by atoms with E-state index in [0.717, 1.165) is 0 Å². The Bertz CT molecular complexity index is 1510. The Kier molecular flexibility index (Phi) is 8.11. The molecule has 0 aliphatic carbocycles. The zero-order valence-electron chi connectivity index (χ0n) is 22.8. The first kappa shape index (κ1) is 28.2. The minimum Gasteiger partial charge on any atom is -0.504 e. The van der Waals surface area contributed by atoms with Gasteiger partial charge in [-0.15, -0.1) is 0 Å². The number of piperidine rings is 1. The summed E-state index contributed by atoms with van der Waals surface area (Å²) in [6.07, 6.45) is 0.831. The molecule has 1 amide bonds. The molecule has 1 fully saturated rings. The standard InChI is InChI=1S/C30H30FN5O4/c1-30(2,3)40-29(38)34-21-10-12-36(13-11-21)26-16-20(17-32)27(18-6-8-23(33-4)22(31)14-18)28(35-26)19-7-9-25(39-5)24(37)15-19/h6-9,14-16,21,37H,10-13H2,1-3,5H3,(H,34,38). The van der Waals surface area contributed by atoms with Crippen LogP contribution in [0.1, 0.15) is 39.2 Å². The van der Waals surface area contributed by atoms with Gasteiger partial charge >= 0.3 is 6.09 Å². The Morgan fingerprint density at radius 3 is 2.48 bits per heavy atom. The van der Waals surface area contributed by atoms with E-state index in [1.165, 1.54) is 25.3 Å². The molecule has 0 unspecified atom stereocenters. The van der Waals surface area contributed by atoms with Gasteiger partial charge in [0, 0.05) is 30.3 Å². The molecule has 4 rings (SSSR count). The number of phenols is 1. The third kappa shape index (κ3) is 6.24. The van der Waals surface area contributed by atoms with Gasteiger partial charge in [0.2, 0.25) is 5.69 Å². The Morgan fingerprint density at radius 2 is 1.90 bits per heavy atom. The van der Waals surface area contributed by atoms with Crippen LogP contribution in [0.25, 0.3) is 27.2 Å². The highest BCUT2D eigenvalue weighted by molar-refractivity contribution is 5.87. The van der Waals surface area contributed by atoms with Crippen molar-refractivity contribution in [1.82, 2.24) is 10.3 Å². The SMILES string of the molecule is [C-]#[N+]c1ccc(-c2c(C#N)cc(N3CCC(NC(=O)OC(C)(C)C)CC3)nc2-c2ccc(OC)c(O)c2)cc1F. The maximum absolute atomic E-state index is 14.6. The van der Waals surface area contributed by atoms with Gasteiger partial charge in [0.15, 0.2) is 11.5 Å². The molecule has 9 nitrogen and oxygen atoms in total. The van der Waals surface area contributed by atoms with Crippen molar-refractivity contribution in [2.24, 2.45) is 0 Å². The maximum atomic E-state index is 14.6. The van der Waals surface area contributed by atoms with Gasteiger partial charge in [-0.2, -0.15) is 5.26 Å². The Balaban J connectivity index is 1.72. The van der Waals surface area contributed by atoms with Gasteiger partial charge in [0.05, 0.1) is 31.0 Å². The fraction of sp³-hybridized carbons (Fsp3) is 0.333. The molecular weight excluding hydrogens is 513 g/mol. The number of nitrogens with zero attached hydrogens (tertiary/aromatic N) is 4. The van der Waals surface area contributed by atoms with Gasteiger partial charge in [0.1, 0.15) is 17.2 Å². The van der Waals surface area contributed by atoms with Gasteiger partial charge in [-0.3, -0.25) is 0 Å². The Hall–Kier alpha value is -4.83. The number of benzene rings is 2. The average molecular weight is 544 g/mol. The molecular formula is C30H30FN5O4. The zero-order chi connectivity index (χ0) is 29.0. The number of rotatable bonds is 5. The molecule has 1 aliphatic rings. The fourth-order valence-corrected chi connectivity index (χ4v) is 4.60. The number of aromatic hydroxyl groups is 1. The molecule has 206 valence electrons. The highest BCUT2D eigenvalue weighted by Gasteiger charge is 2.26. The van der Waals surface area contributed by atoms with Crippen molar-refractivity contribution in [3.8, 4) is 40.0 Å². The number of phenolic OH excluding ortho intramolecular Hbond substituents is 1. The zero-order valence-corrected chi connectivity index (χ0v) is 22.8. The summed E-state index contributed by atoms with van der Waals surface area (Å²) < 4.78 is 25.2. The summed E-state index contributed by atoms with van der Waals surface area (Å²) >= 11 is 0. The molecule has 0 saturated carbocycles. The second-order valence-corrected chi connectivity index (χ2v) is 10.4. The molecule has 1 saturated heterocycles. The number of methoxy groups -OCH3 is 1. The number of anilines is 1. The number of alkyl carbamates (subject to hydrolysis) is 1. The van der Waals surface area contributed by atoms with E-state index in [1.807, 2.05) is 25.7 Å². The maximum Gasteiger partial charge on any atom is 0.407 e. The average Bonchev–Trinajstić information content (AvgIpc) is 2.91. The molecule has 0 spiro atoms. The summed E-state index contributed by atoms with van der Waals surface area (Å²) in [5.41, 5.74) is 1.19. The number of amides is 1. The van der Waals surface area contributed by atoms with E-state index in [0.29, 0.717) is 54.1 Å². The quantitative estimate of drug-likeness (QED) is 0.369. The topological polar surface area (TPSA) is 112 Å². The van der Waals surface area contributed by atoms with Crippen molar-refractivity contribution in [1.29, 1.82) is 5.26 Å². The number of carbonyl (C=O) groups excluding carboxylic acids is 1. The second kappa shape index (κ2) is 11.5. The van der Waals surface area contributed by atoms with Crippen LogP contribution in [0.5, 0.6) is 11.5 Å². The predicted molar refractivity (Wildman–Crippen MR) is 149 cm³/mol. The molecule has 0 radical (unpaired) electrons. The monoisotopic (exact) mass is 543 g/mol. The van der Waals surface area contributed by atoms with Crippen molar-refractivity contribution in [2.45, 2.75) is 45.3 Å². The second-order valence-electron chi connectivity index (χ2n) is 10.4. The molecule has 40 heavy (non-hydrogen) atoms. The third-order valence-corrected chi connectivity index (χ3v) is 6.48. The predicted octanol–water partition coefficient (Wildman–Crippen LogP) is 6.18. The van der Waals surface area contributed by atoms with Crippen LogP contribution in [0, 0.1) is 23.7 Å². The third-order valence-electron chi connectivity index (χ3n) is 6.48. The number of carbonyl (C=O) groups is 1. The number of nitrogens with one attached hydrogen (secondary N) is 1. The van der Waals surface area contributed by atoms with Crippen LogP contribution in [0.2, 0.25) is 0 Å². The molecule has 1 aromatic heterocycles. The van der Waals surface area contributed by atoms with Crippen LogP contribution in [0.3, 0.4) is 0 Å². The van der Waals surface area contributed by atoms with Crippen LogP contribution in [0.4, 0.5) is 20.7 Å². The van der Waals surface area contributed by atoms with E-state index in [2.05, 4.69) is 16.2 Å². The van der Waals surface area contributed by atoms with E-state index in [9.17, 15) is 19.6 Å². The van der Waals surface area contributed by atoms with Gasteiger partial charge in [-0.05, 0) is 69.5 Å². The molecule has 2 N–H and O–H groups in total. The van der Waals surface area contributed by atoms with Crippen molar-refractivity contribution >= 4 is 17.6 Å². The number of hydrogen-bond acceptors (Lipinski definition) is 7. The molecule has 10 heteroatoms. The highest BCUT2D eigenvalue weighted by Crippen LogP contribution is 2.40. The van der Waals surface area contributed by atoms with Crippen molar-refractivity contribution < 1.29 is 23.8 Å². The van der Waals surface area contributed by atoms with Gasteiger partial charge in [0.25, 0.3) is 0 Å². The van der Waals surface area contributed by atoms with Gasteiger partial charge in [-0.25, -0.2) is 19.0 Å². The minimum absolute atomic E-state index is 0.0669. The van der Waals surface area contributed by atoms with Crippen molar-refractivity contribution in [3.63, 3.8) is 0 Å². The van der Waals surface area contributed by atoms with E-state index >= 15 is 0 Å². The van der Waals surface area contributed by atoms with Crippen molar-refractivity contribution in [3.05, 3.63) is 65.3 Å². The van der Waals surface area contributed by atoms with Gasteiger partial charge in [-0.1, -0.05) is 12.1 Å². The lowest BCUT2D eigenvalue weighted by Crippen LogP contribution is -2.46. The first-order valence-electron chi connectivity index (χ1n) is 12.8. The summed E-state index contributed by atoms with van der Waals surface area (Å²) in [4.78, 5) is 22.3. The van der Waals surface area contributed by atoms with E-state index in [4.69, 9.17) is 21.0 Å². The van der Waals surface area contributed by atoms with Crippen LogP contribution >= 0.6 is 0 Å².